The van der Waals surface area contributed by atoms with Gasteiger partial charge in [-0.1, -0.05) is 32.6 Å². The molecule has 1 saturated heterocycles. The number of carbonyl (C=O) groups is 3. The lowest BCUT2D eigenvalue weighted by Crippen LogP contribution is -2.48. The summed E-state index contributed by atoms with van der Waals surface area (Å²) in [6, 6.07) is -0.986. The Kier molecular flexibility index (Phi) is 9.50. The number of halogens is 3. The second-order valence-corrected chi connectivity index (χ2v) is 6.55. The molecule has 11 heteroatoms. The first-order valence-electron chi connectivity index (χ1n) is 9.26. The number of ether oxygens (including phenoxy) is 3. The Morgan fingerprint density at radius 2 is 1.79 bits per heavy atom. The van der Waals surface area contributed by atoms with Crippen LogP contribution in [0.1, 0.15) is 58.8 Å². The minimum atomic E-state index is -5.21. The smallest absolute Gasteiger partial charge is 0.433 e. The summed E-state index contributed by atoms with van der Waals surface area (Å²) in [5, 5.41) is 0. The molecule has 8 nitrogen and oxygen atoms in total. The highest BCUT2D eigenvalue weighted by Gasteiger charge is 2.47. The van der Waals surface area contributed by atoms with Gasteiger partial charge in [0.2, 0.25) is 6.29 Å². The van der Waals surface area contributed by atoms with Crippen LogP contribution < -0.4 is 5.73 Å². The fraction of sp³-hybridized carbons (Fsp3) is 0.824. The van der Waals surface area contributed by atoms with Gasteiger partial charge < -0.3 is 19.9 Å². The second-order valence-electron chi connectivity index (χ2n) is 6.55. The van der Waals surface area contributed by atoms with E-state index < -0.39 is 42.8 Å². The highest BCUT2D eigenvalue weighted by Crippen LogP contribution is 2.24. The van der Waals surface area contributed by atoms with Crippen LogP contribution in [-0.2, 0) is 23.8 Å². The van der Waals surface area contributed by atoms with Gasteiger partial charge in [0.25, 0.3) is 0 Å². The molecule has 28 heavy (non-hydrogen) atoms. The molecule has 3 atom stereocenters. The molecule has 0 aromatic carbocycles. The van der Waals surface area contributed by atoms with Gasteiger partial charge in [0, 0.05) is 19.9 Å². The van der Waals surface area contributed by atoms with Gasteiger partial charge in [0.1, 0.15) is 0 Å². The third-order valence-electron chi connectivity index (χ3n) is 4.12. The summed E-state index contributed by atoms with van der Waals surface area (Å²) in [6.45, 7) is 3.32. The minimum Gasteiger partial charge on any atom is -0.433 e. The lowest BCUT2D eigenvalue weighted by atomic mass is 10.1. The molecule has 1 unspecified atom stereocenters. The number of amides is 1. The number of carbonyl (C=O) groups excluding carboxylic acids is 3. The summed E-state index contributed by atoms with van der Waals surface area (Å²) in [5.74, 6) is -3.00. The topological polar surface area (TPSA) is 108 Å². The van der Waals surface area contributed by atoms with Crippen LogP contribution >= 0.6 is 0 Å². The summed E-state index contributed by atoms with van der Waals surface area (Å²) >= 11 is 0. The highest BCUT2D eigenvalue weighted by molar-refractivity contribution is 5.76. The highest BCUT2D eigenvalue weighted by atomic mass is 19.4. The van der Waals surface area contributed by atoms with Crippen LogP contribution in [0.4, 0.5) is 18.0 Å². The largest absolute Gasteiger partial charge is 0.491 e. The number of alkyl halides is 3. The molecule has 0 aliphatic carbocycles. The van der Waals surface area contributed by atoms with E-state index in [0.29, 0.717) is 6.42 Å². The summed E-state index contributed by atoms with van der Waals surface area (Å²) < 4.78 is 51.3. The van der Waals surface area contributed by atoms with Crippen molar-refractivity contribution in [2.24, 2.45) is 5.73 Å². The van der Waals surface area contributed by atoms with Gasteiger partial charge in [-0.05, 0) is 12.8 Å². The Morgan fingerprint density at radius 1 is 1.14 bits per heavy atom. The summed E-state index contributed by atoms with van der Waals surface area (Å²) in [4.78, 5) is 35.6. The Labute approximate surface area is 161 Å². The quantitative estimate of drug-likeness (QED) is 0.352. The molecule has 1 amide bonds. The van der Waals surface area contributed by atoms with Crippen molar-refractivity contribution >= 4 is 18.0 Å². The van der Waals surface area contributed by atoms with Crippen molar-refractivity contribution in [2.45, 2.75) is 83.5 Å². The number of nitrogens with zero attached hydrogens (tertiary/aromatic N) is 1. The number of hydrogen-bond donors (Lipinski definition) is 1. The van der Waals surface area contributed by atoms with E-state index in [-0.39, 0.29) is 19.4 Å². The zero-order chi connectivity index (χ0) is 21.3. The molecular formula is C17H27F3N2O6. The Bertz CT molecular complexity index is 543. The van der Waals surface area contributed by atoms with Gasteiger partial charge in [0.15, 0.2) is 6.23 Å². The van der Waals surface area contributed by atoms with E-state index >= 15 is 0 Å². The van der Waals surface area contributed by atoms with Crippen molar-refractivity contribution in [2.75, 3.05) is 6.54 Å². The standard InChI is InChI=1S/C17H27F3N2O6/c1-3-4-5-6-7-8-13(23)26-11(2)27-16(25)22-10-9-12(21)14(22)28-15(24)17(18,19)20/h11-12,14H,3-10,21H2,1-2H3/t11-,12-,14?/m0/s1. The minimum absolute atomic E-state index is 0.0616. The molecule has 1 heterocycles. The van der Waals surface area contributed by atoms with Crippen LogP contribution in [0.2, 0.25) is 0 Å². The molecule has 1 aliphatic rings. The average Bonchev–Trinajstić information content (AvgIpc) is 2.94. The molecule has 0 spiro atoms. The molecule has 0 radical (unpaired) electrons. The van der Waals surface area contributed by atoms with Crippen molar-refractivity contribution in [1.82, 2.24) is 4.90 Å². The predicted molar refractivity (Wildman–Crippen MR) is 90.6 cm³/mol. The number of esters is 2. The van der Waals surface area contributed by atoms with Crippen molar-refractivity contribution in [3.63, 3.8) is 0 Å². The van der Waals surface area contributed by atoms with Crippen LogP contribution in [0.15, 0.2) is 0 Å². The van der Waals surface area contributed by atoms with Gasteiger partial charge in [0.05, 0.1) is 6.04 Å². The first kappa shape index (κ1) is 24.0. The maximum absolute atomic E-state index is 12.4. The number of likely N-dealkylation sites (tertiary alicyclic amines) is 1. The van der Waals surface area contributed by atoms with Crippen molar-refractivity contribution < 1.29 is 41.8 Å². The lowest BCUT2D eigenvalue weighted by molar-refractivity contribution is -0.211. The molecule has 0 saturated carbocycles. The van der Waals surface area contributed by atoms with Gasteiger partial charge in [-0.2, -0.15) is 13.2 Å². The fourth-order valence-electron chi connectivity index (χ4n) is 2.66. The Morgan fingerprint density at radius 3 is 2.39 bits per heavy atom. The van der Waals surface area contributed by atoms with E-state index in [1.807, 2.05) is 0 Å². The first-order chi connectivity index (χ1) is 13.1. The van der Waals surface area contributed by atoms with E-state index in [1.54, 1.807) is 0 Å². The number of hydrogen-bond acceptors (Lipinski definition) is 7. The lowest BCUT2D eigenvalue weighted by Gasteiger charge is -2.27. The van der Waals surface area contributed by atoms with E-state index in [2.05, 4.69) is 11.7 Å². The molecule has 0 bridgehead atoms. The second kappa shape index (κ2) is 11.1. The Balaban J connectivity index is 2.47. The molecule has 1 fully saturated rings. The van der Waals surface area contributed by atoms with Crippen molar-refractivity contribution in [3.8, 4) is 0 Å². The number of nitrogens with two attached hydrogens (primary N) is 1. The molecule has 0 aromatic rings. The van der Waals surface area contributed by atoms with Crippen LogP contribution in [-0.4, -0.2) is 54.2 Å². The third kappa shape index (κ3) is 7.91. The van der Waals surface area contributed by atoms with Crippen molar-refractivity contribution in [1.29, 1.82) is 0 Å². The number of unbranched alkanes of at least 4 members (excludes halogenated alkanes) is 4. The summed E-state index contributed by atoms with van der Waals surface area (Å²) in [5.41, 5.74) is 5.62. The van der Waals surface area contributed by atoms with E-state index in [0.717, 1.165) is 30.6 Å². The van der Waals surface area contributed by atoms with Crippen LogP contribution in [0.3, 0.4) is 0 Å². The maximum Gasteiger partial charge on any atom is 0.491 e. The summed E-state index contributed by atoms with van der Waals surface area (Å²) in [7, 11) is 0. The van der Waals surface area contributed by atoms with Crippen molar-refractivity contribution in [3.05, 3.63) is 0 Å². The van der Waals surface area contributed by atoms with Crippen LogP contribution in [0.5, 0.6) is 0 Å². The van der Waals surface area contributed by atoms with Gasteiger partial charge >= 0.3 is 24.2 Å². The van der Waals surface area contributed by atoms with E-state index in [4.69, 9.17) is 15.2 Å². The van der Waals surface area contributed by atoms with Crippen LogP contribution in [0.25, 0.3) is 0 Å². The monoisotopic (exact) mass is 412 g/mol. The van der Waals surface area contributed by atoms with Crippen LogP contribution in [0, 0.1) is 0 Å². The zero-order valence-electron chi connectivity index (χ0n) is 16.0. The van der Waals surface area contributed by atoms with E-state index in [9.17, 15) is 27.6 Å². The molecule has 162 valence electrons. The van der Waals surface area contributed by atoms with E-state index in [1.165, 1.54) is 6.92 Å². The third-order valence-corrected chi connectivity index (χ3v) is 4.12. The molecule has 2 N–H and O–H groups in total. The fourth-order valence-corrected chi connectivity index (χ4v) is 2.66. The molecule has 1 rings (SSSR count). The van der Waals surface area contributed by atoms with Gasteiger partial charge in [-0.25, -0.2) is 9.59 Å². The number of rotatable bonds is 9. The summed E-state index contributed by atoms with van der Waals surface area (Å²) in [6.07, 6.45) is -4.14. The zero-order valence-corrected chi connectivity index (χ0v) is 16.0. The van der Waals surface area contributed by atoms with Gasteiger partial charge in [-0.15, -0.1) is 0 Å². The Hall–Kier alpha value is -2.04. The average molecular weight is 412 g/mol. The normalized spacial score (nSPS) is 20.6. The maximum atomic E-state index is 12.4. The SMILES string of the molecule is CCCCCCCC(=O)O[C@H](C)OC(=O)N1CC[C@H](N)C1OC(=O)C(F)(F)F. The van der Waals surface area contributed by atoms with Gasteiger partial charge in [-0.3, -0.25) is 9.69 Å². The molecule has 0 aromatic heterocycles. The predicted octanol–water partition coefficient (Wildman–Crippen LogP) is 2.84. The first-order valence-corrected chi connectivity index (χ1v) is 9.26. The molecular weight excluding hydrogens is 385 g/mol. The molecule has 1 aliphatic heterocycles.